The fourth-order valence-electron chi connectivity index (χ4n) is 2.36. The van der Waals surface area contributed by atoms with Gasteiger partial charge in [-0.05, 0) is 25.5 Å². The zero-order chi connectivity index (χ0) is 17.7. The fraction of sp³-hybridized carbons (Fsp3) is 0.353. The van der Waals surface area contributed by atoms with Crippen molar-refractivity contribution in [3.05, 3.63) is 35.7 Å². The molecule has 3 N–H and O–H groups in total. The van der Waals surface area contributed by atoms with E-state index in [1.165, 1.54) is 0 Å². The highest BCUT2D eigenvalue weighted by Crippen LogP contribution is 2.22. The molecular weight excluding hydrogens is 310 g/mol. The van der Waals surface area contributed by atoms with Crippen molar-refractivity contribution < 1.29 is 19.4 Å². The summed E-state index contributed by atoms with van der Waals surface area (Å²) in [6.45, 7) is 3.59. The number of aromatic amines is 1. The SMILES string of the molecule is CCCC(NC(=O)c1nc(-c2cccc(OC)c2)[nH]c1C)C(=O)O. The molecule has 0 fully saturated rings. The first-order valence-electron chi connectivity index (χ1n) is 7.71. The summed E-state index contributed by atoms with van der Waals surface area (Å²) in [6.07, 6.45) is 1.03. The number of aromatic nitrogens is 2. The van der Waals surface area contributed by atoms with E-state index in [-0.39, 0.29) is 5.69 Å². The maximum atomic E-state index is 12.3. The van der Waals surface area contributed by atoms with Crippen molar-refractivity contribution in [3.63, 3.8) is 0 Å². The number of H-pyrrole nitrogens is 1. The van der Waals surface area contributed by atoms with Gasteiger partial charge < -0.3 is 20.1 Å². The molecule has 0 saturated heterocycles. The lowest BCUT2D eigenvalue weighted by molar-refractivity contribution is -0.139. The number of hydrogen-bond donors (Lipinski definition) is 3. The number of aryl methyl sites for hydroxylation is 1. The molecule has 7 nitrogen and oxygen atoms in total. The molecule has 0 spiro atoms. The van der Waals surface area contributed by atoms with Gasteiger partial charge >= 0.3 is 5.97 Å². The van der Waals surface area contributed by atoms with Crippen LogP contribution in [0.1, 0.15) is 35.9 Å². The van der Waals surface area contributed by atoms with Gasteiger partial charge in [-0.1, -0.05) is 25.5 Å². The molecule has 1 heterocycles. The van der Waals surface area contributed by atoms with Crippen molar-refractivity contribution in [2.24, 2.45) is 0 Å². The molecular formula is C17H21N3O4. The van der Waals surface area contributed by atoms with E-state index in [2.05, 4.69) is 15.3 Å². The lowest BCUT2D eigenvalue weighted by atomic mass is 10.1. The standard InChI is InChI=1S/C17H21N3O4/c1-4-6-13(17(22)23)19-16(21)14-10(2)18-15(20-14)11-7-5-8-12(9-11)24-3/h5,7-9,13H,4,6H2,1-3H3,(H,18,20)(H,19,21)(H,22,23). The van der Waals surface area contributed by atoms with E-state index in [0.717, 1.165) is 5.56 Å². The average molecular weight is 331 g/mol. The Morgan fingerprint density at radius 2 is 2.17 bits per heavy atom. The summed E-state index contributed by atoms with van der Waals surface area (Å²) in [7, 11) is 1.57. The first-order chi connectivity index (χ1) is 11.5. The minimum atomic E-state index is -1.05. The molecule has 0 aliphatic rings. The van der Waals surface area contributed by atoms with Crippen molar-refractivity contribution in [2.75, 3.05) is 7.11 Å². The number of carboxylic acid groups (broad SMARTS) is 1. The minimum Gasteiger partial charge on any atom is -0.497 e. The van der Waals surface area contributed by atoms with E-state index >= 15 is 0 Å². The van der Waals surface area contributed by atoms with Crippen LogP contribution in [0.25, 0.3) is 11.4 Å². The van der Waals surface area contributed by atoms with Crippen LogP contribution in [-0.4, -0.2) is 40.1 Å². The predicted octanol–water partition coefficient (Wildman–Crippen LogP) is 2.38. The Bertz CT molecular complexity index is 739. The number of imidazole rings is 1. The van der Waals surface area contributed by atoms with Gasteiger partial charge in [-0.2, -0.15) is 0 Å². The van der Waals surface area contributed by atoms with E-state index < -0.39 is 17.9 Å². The van der Waals surface area contributed by atoms with Gasteiger partial charge in [0.2, 0.25) is 0 Å². The first kappa shape index (κ1) is 17.5. The van der Waals surface area contributed by atoms with E-state index in [0.29, 0.717) is 30.1 Å². The molecule has 0 radical (unpaired) electrons. The lowest BCUT2D eigenvalue weighted by Gasteiger charge is -2.12. The van der Waals surface area contributed by atoms with Gasteiger partial charge in [-0.15, -0.1) is 0 Å². The molecule has 24 heavy (non-hydrogen) atoms. The number of ether oxygens (including phenoxy) is 1. The Labute approximate surface area is 140 Å². The smallest absolute Gasteiger partial charge is 0.326 e. The van der Waals surface area contributed by atoms with Crippen LogP contribution in [0.15, 0.2) is 24.3 Å². The second kappa shape index (κ2) is 7.63. The third-order valence-corrected chi connectivity index (χ3v) is 3.62. The molecule has 1 aromatic carbocycles. The predicted molar refractivity (Wildman–Crippen MR) is 89.1 cm³/mol. The summed E-state index contributed by atoms with van der Waals surface area (Å²) in [5, 5.41) is 11.7. The highest BCUT2D eigenvalue weighted by atomic mass is 16.5. The van der Waals surface area contributed by atoms with Crippen LogP contribution in [0.2, 0.25) is 0 Å². The van der Waals surface area contributed by atoms with Crippen molar-refractivity contribution in [1.82, 2.24) is 15.3 Å². The second-order valence-corrected chi connectivity index (χ2v) is 5.44. The number of nitrogens with zero attached hydrogens (tertiary/aromatic N) is 1. The fourth-order valence-corrected chi connectivity index (χ4v) is 2.36. The Morgan fingerprint density at radius 3 is 2.79 bits per heavy atom. The number of amides is 1. The summed E-state index contributed by atoms with van der Waals surface area (Å²) in [5.41, 5.74) is 1.54. The van der Waals surface area contributed by atoms with Crippen molar-refractivity contribution in [3.8, 4) is 17.1 Å². The molecule has 128 valence electrons. The van der Waals surface area contributed by atoms with E-state index in [4.69, 9.17) is 9.84 Å². The number of rotatable bonds is 7. The van der Waals surface area contributed by atoms with Crippen molar-refractivity contribution in [1.29, 1.82) is 0 Å². The molecule has 0 bridgehead atoms. The van der Waals surface area contributed by atoms with Gasteiger partial charge in [0.25, 0.3) is 5.91 Å². The summed E-state index contributed by atoms with van der Waals surface area (Å²) < 4.78 is 5.18. The summed E-state index contributed by atoms with van der Waals surface area (Å²) in [4.78, 5) is 30.9. The van der Waals surface area contributed by atoms with Crippen LogP contribution >= 0.6 is 0 Å². The van der Waals surface area contributed by atoms with Crippen LogP contribution in [0, 0.1) is 6.92 Å². The monoisotopic (exact) mass is 331 g/mol. The number of methoxy groups -OCH3 is 1. The van der Waals surface area contributed by atoms with Crippen LogP contribution in [-0.2, 0) is 4.79 Å². The highest BCUT2D eigenvalue weighted by molar-refractivity contribution is 5.96. The van der Waals surface area contributed by atoms with Gasteiger partial charge in [-0.25, -0.2) is 9.78 Å². The molecule has 1 aromatic heterocycles. The van der Waals surface area contributed by atoms with Crippen LogP contribution < -0.4 is 10.1 Å². The third-order valence-electron chi connectivity index (χ3n) is 3.62. The van der Waals surface area contributed by atoms with E-state index in [9.17, 15) is 9.59 Å². The van der Waals surface area contributed by atoms with E-state index in [1.54, 1.807) is 20.1 Å². The topological polar surface area (TPSA) is 104 Å². The zero-order valence-electron chi connectivity index (χ0n) is 13.9. The molecule has 1 unspecified atom stereocenters. The van der Waals surface area contributed by atoms with Crippen LogP contribution in [0.4, 0.5) is 0 Å². The molecule has 2 aromatic rings. The summed E-state index contributed by atoms with van der Waals surface area (Å²) >= 11 is 0. The van der Waals surface area contributed by atoms with Crippen LogP contribution in [0.3, 0.4) is 0 Å². The number of carbonyl (C=O) groups excluding carboxylic acids is 1. The lowest BCUT2D eigenvalue weighted by Crippen LogP contribution is -2.41. The van der Waals surface area contributed by atoms with E-state index in [1.807, 2.05) is 25.1 Å². The molecule has 1 atom stereocenters. The molecule has 1 amide bonds. The highest BCUT2D eigenvalue weighted by Gasteiger charge is 2.23. The summed E-state index contributed by atoms with van der Waals surface area (Å²) in [5.74, 6) is -0.342. The zero-order valence-corrected chi connectivity index (χ0v) is 13.9. The number of aliphatic carboxylic acids is 1. The van der Waals surface area contributed by atoms with Crippen molar-refractivity contribution in [2.45, 2.75) is 32.7 Å². The largest absolute Gasteiger partial charge is 0.497 e. The first-order valence-corrected chi connectivity index (χ1v) is 7.71. The Kier molecular flexibility index (Phi) is 5.57. The molecule has 0 saturated carbocycles. The molecule has 2 rings (SSSR count). The summed E-state index contributed by atoms with van der Waals surface area (Å²) in [6, 6.07) is 6.37. The Balaban J connectivity index is 2.24. The molecule has 0 aliphatic carbocycles. The third kappa shape index (κ3) is 3.92. The minimum absolute atomic E-state index is 0.190. The number of carbonyl (C=O) groups is 2. The van der Waals surface area contributed by atoms with Crippen molar-refractivity contribution >= 4 is 11.9 Å². The van der Waals surface area contributed by atoms with Gasteiger partial charge in [0.1, 0.15) is 23.3 Å². The van der Waals surface area contributed by atoms with Gasteiger partial charge in [0.15, 0.2) is 0 Å². The van der Waals surface area contributed by atoms with Crippen LogP contribution in [0.5, 0.6) is 5.75 Å². The second-order valence-electron chi connectivity index (χ2n) is 5.44. The number of carboxylic acids is 1. The number of nitrogens with one attached hydrogen (secondary N) is 2. The van der Waals surface area contributed by atoms with Gasteiger partial charge in [-0.3, -0.25) is 4.79 Å². The van der Waals surface area contributed by atoms with Gasteiger partial charge in [0.05, 0.1) is 7.11 Å². The maximum absolute atomic E-state index is 12.3. The Hall–Kier alpha value is -2.83. The number of benzene rings is 1. The number of hydrogen-bond acceptors (Lipinski definition) is 4. The quantitative estimate of drug-likeness (QED) is 0.722. The molecule has 7 heteroatoms. The normalized spacial score (nSPS) is 11.8. The van der Waals surface area contributed by atoms with Gasteiger partial charge in [0, 0.05) is 11.3 Å². The Morgan fingerprint density at radius 1 is 1.42 bits per heavy atom. The average Bonchev–Trinajstić information content (AvgIpc) is 2.96. The maximum Gasteiger partial charge on any atom is 0.326 e. The molecule has 0 aliphatic heterocycles.